The van der Waals surface area contributed by atoms with E-state index in [1.165, 1.54) is 17.1 Å². The van der Waals surface area contributed by atoms with Crippen LogP contribution in [0.1, 0.15) is 0 Å². The number of nitrogens with zero attached hydrogens (tertiary/aromatic N) is 3. The molecule has 0 spiro atoms. The fourth-order valence-electron chi connectivity index (χ4n) is 2.83. The Morgan fingerprint density at radius 1 is 1.04 bits per heavy atom. The van der Waals surface area contributed by atoms with Crippen molar-refractivity contribution in [3.05, 3.63) is 67.2 Å². The van der Waals surface area contributed by atoms with Crippen LogP contribution in [0.3, 0.4) is 0 Å². The van der Waals surface area contributed by atoms with Gasteiger partial charge in [0.05, 0.1) is 6.54 Å². The second-order valence-electron chi connectivity index (χ2n) is 6.08. The highest BCUT2D eigenvalue weighted by molar-refractivity contribution is 6.12. The van der Waals surface area contributed by atoms with Crippen LogP contribution in [-0.2, 0) is 16.1 Å². The third-order valence-corrected chi connectivity index (χ3v) is 4.25. The van der Waals surface area contributed by atoms with Gasteiger partial charge in [0.25, 0.3) is 11.8 Å². The monoisotopic (exact) mass is 362 g/mol. The summed E-state index contributed by atoms with van der Waals surface area (Å²) < 4.78 is 7.46. The lowest BCUT2D eigenvalue weighted by Crippen LogP contribution is -2.42. The summed E-state index contributed by atoms with van der Waals surface area (Å²) in [5.41, 5.74) is 2.28. The van der Waals surface area contributed by atoms with Crippen molar-refractivity contribution >= 4 is 11.8 Å². The number of phenols is 1. The number of carbonyl (C=O) groups is 2. The van der Waals surface area contributed by atoms with Crippen LogP contribution in [0, 0.1) is 0 Å². The van der Waals surface area contributed by atoms with Crippen LogP contribution in [0.25, 0.3) is 22.7 Å². The number of carbonyl (C=O) groups excluding carboxylic acids is 2. The van der Waals surface area contributed by atoms with Crippen LogP contribution in [-0.4, -0.2) is 33.3 Å². The minimum Gasteiger partial charge on any atom is -0.508 e. The maximum absolute atomic E-state index is 11.6. The Bertz CT molecular complexity index is 1020. The Morgan fingerprint density at radius 2 is 1.78 bits per heavy atom. The van der Waals surface area contributed by atoms with Crippen molar-refractivity contribution in [3.8, 4) is 28.5 Å². The van der Waals surface area contributed by atoms with Gasteiger partial charge in [-0.25, -0.2) is 9.55 Å². The Kier molecular flexibility index (Phi) is 4.25. The standard InChI is InChI=1S/C20H15N3O4/c24-16-5-3-14(4-6-16)17-13-27-20(21-17)15-2-1-9-22(12-15)10-11-23-18(25)7-8-19(23)26/h1-9,12-13H,10-11H2/p+1. The predicted octanol–water partition coefficient (Wildman–Crippen LogP) is 1.93. The van der Waals surface area contributed by atoms with Gasteiger partial charge in [0.1, 0.15) is 23.3 Å². The summed E-state index contributed by atoms with van der Waals surface area (Å²) in [5, 5.41) is 9.38. The quantitative estimate of drug-likeness (QED) is 0.553. The van der Waals surface area contributed by atoms with Gasteiger partial charge in [-0.05, 0) is 30.3 Å². The van der Waals surface area contributed by atoms with Crippen molar-refractivity contribution in [2.75, 3.05) is 6.54 Å². The molecule has 7 heteroatoms. The van der Waals surface area contributed by atoms with Crippen molar-refractivity contribution in [2.45, 2.75) is 6.54 Å². The minimum atomic E-state index is -0.289. The highest BCUT2D eigenvalue weighted by Crippen LogP contribution is 2.25. The van der Waals surface area contributed by atoms with Crippen molar-refractivity contribution < 1.29 is 23.7 Å². The first-order valence-corrected chi connectivity index (χ1v) is 8.38. The number of oxazole rings is 1. The number of rotatable bonds is 5. The van der Waals surface area contributed by atoms with Crippen LogP contribution >= 0.6 is 0 Å². The number of phenolic OH excluding ortho intramolecular Hbond substituents is 1. The van der Waals surface area contributed by atoms with Crippen molar-refractivity contribution in [1.82, 2.24) is 9.88 Å². The second kappa shape index (κ2) is 6.87. The summed E-state index contributed by atoms with van der Waals surface area (Å²) in [7, 11) is 0. The first-order chi connectivity index (χ1) is 13.1. The van der Waals surface area contributed by atoms with E-state index in [0.29, 0.717) is 24.7 Å². The number of hydrogen-bond donors (Lipinski definition) is 1. The molecule has 4 rings (SSSR count). The molecule has 0 unspecified atom stereocenters. The lowest BCUT2D eigenvalue weighted by atomic mass is 10.2. The number of imide groups is 1. The fraction of sp³-hybridized carbons (Fsp3) is 0.100. The molecule has 0 aliphatic carbocycles. The molecule has 0 atom stereocenters. The Morgan fingerprint density at radius 3 is 2.52 bits per heavy atom. The molecule has 3 aromatic rings. The molecule has 0 saturated heterocycles. The molecule has 0 radical (unpaired) electrons. The van der Waals surface area contributed by atoms with E-state index in [9.17, 15) is 14.7 Å². The van der Waals surface area contributed by atoms with Gasteiger partial charge in [-0.15, -0.1) is 0 Å². The van der Waals surface area contributed by atoms with Gasteiger partial charge < -0.3 is 9.52 Å². The zero-order valence-electron chi connectivity index (χ0n) is 14.3. The molecule has 1 aliphatic heterocycles. The molecular formula is C20H16N3O4+. The zero-order valence-corrected chi connectivity index (χ0v) is 14.3. The summed E-state index contributed by atoms with van der Waals surface area (Å²) in [6, 6.07) is 10.4. The van der Waals surface area contributed by atoms with Gasteiger partial charge >= 0.3 is 0 Å². The predicted molar refractivity (Wildman–Crippen MR) is 95.1 cm³/mol. The highest BCUT2D eigenvalue weighted by Gasteiger charge is 2.24. The molecule has 0 bridgehead atoms. The van der Waals surface area contributed by atoms with E-state index >= 15 is 0 Å². The number of amides is 2. The van der Waals surface area contributed by atoms with Gasteiger partial charge in [0.2, 0.25) is 5.89 Å². The topological polar surface area (TPSA) is 87.5 Å². The van der Waals surface area contributed by atoms with Crippen LogP contribution < -0.4 is 4.57 Å². The van der Waals surface area contributed by atoms with Gasteiger partial charge in [-0.3, -0.25) is 14.5 Å². The van der Waals surface area contributed by atoms with Crippen LogP contribution in [0.2, 0.25) is 0 Å². The Hall–Kier alpha value is -3.74. The van der Waals surface area contributed by atoms with Crippen molar-refractivity contribution in [3.63, 3.8) is 0 Å². The van der Waals surface area contributed by atoms with Gasteiger partial charge in [-0.1, -0.05) is 0 Å². The third kappa shape index (κ3) is 3.48. The molecule has 2 aromatic heterocycles. The molecule has 7 nitrogen and oxygen atoms in total. The molecule has 134 valence electrons. The lowest BCUT2D eigenvalue weighted by Gasteiger charge is -2.10. The number of benzene rings is 1. The van der Waals surface area contributed by atoms with E-state index in [-0.39, 0.29) is 17.6 Å². The van der Waals surface area contributed by atoms with Gasteiger partial charge in [0.15, 0.2) is 18.9 Å². The van der Waals surface area contributed by atoms with Crippen LogP contribution in [0.15, 0.2) is 71.6 Å². The largest absolute Gasteiger partial charge is 0.508 e. The first-order valence-electron chi connectivity index (χ1n) is 8.38. The SMILES string of the molecule is O=C1C=CC(=O)N1CC[n+]1cccc(-c2nc(-c3ccc(O)cc3)co2)c1. The maximum atomic E-state index is 11.6. The number of aromatic nitrogens is 2. The normalized spacial score (nSPS) is 13.6. The molecule has 0 fully saturated rings. The Labute approximate surface area is 154 Å². The van der Waals surface area contributed by atoms with E-state index < -0.39 is 0 Å². The number of hydrogen-bond acceptors (Lipinski definition) is 5. The summed E-state index contributed by atoms with van der Waals surface area (Å²) in [6.45, 7) is 0.766. The zero-order chi connectivity index (χ0) is 18.8. The fourth-order valence-corrected chi connectivity index (χ4v) is 2.83. The second-order valence-corrected chi connectivity index (χ2v) is 6.08. The summed E-state index contributed by atoms with van der Waals surface area (Å²) in [6.07, 6.45) is 7.82. The molecule has 1 aliphatic rings. The van der Waals surface area contributed by atoms with E-state index in [1.54, 1.807) is 30.5 Å². The highest BCUT2D eigenvalue weighted by atomic mass is 16.3. The maximum Gasteiger partial charge on any atom is 0.253 e. The molecule has 3 heterocycles. The molecular weight excluding hydrogens is 346 g/mol. The van der Waals surface area contributed by atoms with E-state index in [4.69, 9.17) is 4.42 Å². The summed E-state index contributed by atoms with van der Waals surface area (Å²) in [5.74, 6) is 0.0742. The van der Waals surface area contributed by atoms with Gasteiger partial charge in [0, 0.05) is 23.8 Å². The summed E-state index contributed by atoms with van der Waals surface area (Å²) in [4.78, 5) is 28.9. The molecule has 0 saturated carbocycles. The molecule has 1 N–H and O–H groups in total. The molecule has 27 heavy (non-hydrogen) atoms. The van der Waals surface area contributed by atoms with Crippen LogP contribution in [0.5, 0.6) is 5.75 Å². The third-order valence-electron chi connectivity index (χ3n) is 4.25. The van der Waals surface area contributed by atoms with Gasteiger partial charge in [-0.2, -0.15) is 0 Å². The van der Waals surface area contributed by atoms with E-state index in [2.05, 4.69) is 4.98 Å². The van der Waals surface area contributed by atoms with Crippen molar-refractivity contribution in [1.29, 1.82) is 0 Å². The Balaban J connectivity index is 1.50. The van der Waals surface area contributed by atoms with Crippen LogP contribution in [0.4, 0.5) is 0 Å². The van der Waals surface area contributed by atoms with Crippen molar-refractivity contribution in [2.24, 2.45) is 0 Å². The summed E-state index contributed by atoms with van der Waals surface area (Å²) >= 11 is 0. The first kappa shape index (κ1) is 16.7. The number of pyridine rings is 1. The number of aromatic hydroxyl groups is 1. The molecule has 2 amide bonds. The average Bonchev–Trinajstić information content (AvgIpc) is 3.29. The lowest BCUT2D eigenvalue weighted by molar-refractivity contribution is -0.695. The van der Waals surface area contributed by atoms with E-state index in [1.807, 2.05) is 29.1 Å². The smallest absolute Gasteiger partial charge is 0.253 e. The molecule has 1 aromatic carbocycles. The average molecular weight is 362 g/mol. The minimum absolute atomic E-state index is 0.191. The van der Waals surface area contributed by atoms with E-state index in [0.717, 1.165) is 11.1 Å².